The standard InChI is InChI=1S/C17H24ClN3O2.ClH/c1-11(2)16(22)20-12-6-7-15(18)14(9-12)17(23)21-8-4-3-5-13(21)10-19;/h6-7,9,11,13H,3-5,8,10,19H2,1-2H3,(H,20,22);1H. The van der Waals surface area contributed by atoms with Crippen LogP contribution in [0.3, 0.4) is 0 Å². The molecule has 1 unspecified atom stereocenters. The summed E-state index contributed by atoms with van der Waals surface area (Å²) >= 11 is 6.21. The molecule has 0 spiro atoms. The molecule has 1 atom stereocenters. The van der Waals surface area contributed by atoms with Crippen LogP contribution in [0.1, 0.15) is 43.5 Å². The first kappa shape index (κ1) is 20.7. The molecule has 1 aromatic rings. The third kappa shape index (κ3) is 4.85. The molecule has 0 aromatic heterocycles. The maximum Gasteiger partial charge on any atom is 0.255 e. The number of carbonyl (C=O) groups is 2. The zero-order chi connectivity index (χ0) is 17.0. The number of likely N-dealkylation sites (tertiary alicyclic amines) is 1. The molecule has 3 N–H and O–H groups in total. The van der Waals surface area contributed by atoms with E-state index in [0.29, 0.717) is 29.4 Å². The van der Waals surface area contributed by atoms with E-state index in [1.165, 1.54) is 0 Å². The van der Waals surface area contributed by atoms with E-state index in [1.807, 2.05) is 13.8 Å². The van der Waals surface area contributed by atoms with Gasteiger partial charge in [-0.15, -0.1) is 12.4 Å². The highest BCUT2D eigenvalue weighted by atomic mass is 35.5. The number of hydrogen-bond donors (Lipinski definition) is 2. The summed E-state index contributed by atoms with van der Waals surface area (Å²) < 4.78 is 0. The largest absolute Gasteiger partial charge is 0.334 e. The van der Waals surface area contributed by atoms with Crippen molar-refractivity contribution in [1.82, 2.24) is 4.90 Å². The number of carbonyl (C=O) groups excluding carboxylic acids is 2. The van der Waals surface area contributed by atoms with Crippen LogP contribution in [0.5, 0.6) is 0 Å². The van der Waals surface area contributed by atoms with E-state index in [-0.39, 0.29) is 36.2 Å². The number of nitrogens with zero attached hydrogens (tertiary/aromatic N) is 1. The fourth-order valence-corrected chi connectivity index (χ4v) is 2.92. The molecule has 1 aliphatic rings. The summed E-state index contributed by atoms with van der Waals surface area (Å²) in [6.45, 7) is 4.78. The predicted octanol–water partition coefficient (Wildman–Crippen LogP) is 3.31. The Morgan fingerprint density at radius 3 is 2.71 bits per heavy atom. The van der Waals surface area contributed by atoms with Gasteiger partial charge in [0.1, 0.15) is 0 Å². The Morgan fingerprint density at radius 1 is 1.38 bits per heavy atom. The minimum atomic E-state index is -0.131. The van der Waals surface area contributed by atoms with Gasteiger partial charge in [-0.2, -0.15) is 0 Å². The maximum atomic E-state index is 12.8. The van der Waals surface area contributed by atoms with E-state index in [1.54, 1.807) is 23.1 Å². The molecule has 24 heavy (non-hydrogen) atoms. The number of halogens is 2. The highest BCUT2D eigenvalue weighted by Gasteiger charge is 2.27. The summed E-state index contributed by atoms with van der Waals surface area (Å²) in [4.78, 5) is 26.5. The van der Waals surface area contributed by atoms with Crippen LogP contribution in [0.25, 0.3) is 0 Å². The normalized spacial score (nSPS) is 17.4. The summed E-state index contributed by atoms with van der Waals surface area (Å²) in [5.74, 6) is -0.345. The van der Waals surface area contributed by atoms with E-state index < -0.39 is 0 Å². The van der Waals surface area contributed by atoms with Crippen LogP contribution in [0.4, 0.5) is 5.69 Å². The summed E-state index contributed by atoms with van der Waals surface area (Å²) in [5, 5.41) is 3.19. The molecule has 0 saturated carbocycles. The lowest BCUT2D eigenvalue weighted by Crippen LogP contribution is -2.47. The molecular weight excluding hydrogens is 349 g/mol. The summed E-state index contributed by atoms with van der Waals surface area (Å²) in [6.07, 6.45) is 2.98. The average Bonchev–Trinajstić information content (AvgIpc) is 2.55. The van der Waals surface area contributed by atoms with Crippen LogP contribution in [0.2, 0.25) is 5.02 Å². The number of nitrogens with two attached hydrogens (primary N) is 1. The monoisotopic (exact) mass is 373 g/mol. The van der Waals surface area contributed by atoms with Crippen molar-refractivity contribution in [1.29, 1.82) is 0 Å². The molecule has 7 heteroatoms. The second kappa shape index (κ2) is 9.25. The van der Waals surface area contributed by atoms with Crippen molar-refractivity contribution in [2.24, 2.45) is 11.7 Å². The van der Waals surface area contributed by atoms with Gasteiger partial charge in [-0.25, -0.2) is 0 Å². The van der Waals surface area contributed by atoms with Crippen LogP contribution >= 0.6 is 24.0 Å². The first-order valence-corrected chi connectivity index (χ1v) is 8.43. The van der Waals surface area contributed by atoms with Crippen LogP contribution in [0.15, 0.2) is 18.2 Å². The number of hydrogen-bond acceptors (Lipinski definition) is 3. The maximum absolute atomic E-state index is 12.8. The van der Waals surface area contributed by atoms with Gasteiger partial charge in [0.15, 0.2) is 0 Å². The fraction of sp³-hybridized carbons (Fsp3) is 0.529. The quantitative estimate of drug-likeness (QED) is 0.849. The van der Waals surface area contributed by atoms with Gasteiger partial charge in [0.2, 0.25) is 5.91 Å². The van der Waals surface area contributed by atoms with Gasteiger partial charge in [0.25, 0.3) is 5.91 Å². The van der Waals surface area contributed by atoms with Crippen LogP contribution in [-0.4, -0.2) is 35.8 Å². The number of piperidine rings is 1. The number of rotatable bonds is 4. The van der Waals surface area contributed by atoms with Crippen LogP contribution < -0.4 is 11.1 Å². The highest BCUT2D eigenvalue weighted by molar-refractivity contribution is 6.34. The third-order valence-electron chi connectivity index (χ3n) is 4.15. The minimum Gasteiger partial charge on any atom is -0.334 e. The van der Waals surface area contributed by atoms with Gasteiger partial charge >= 0.3 is 0 Å². The fourth-order valence-electron chi connectivity index (χ4n) is 2.72. The smallest absolute Gasteiger partial charge is 0.255 e. The lowest BCUT2D eigenvalue weighted by atomic mass is 10.0. The summed E-state index contributed by atoms with van der Waals surface area (Å²) in [7, 11) is 0. The molecule has 2 rings (SSSR count). The van der Waals surface area contributed by atoms with Crippen molar-refractivity contribution in [2.75, 3.05) is 18.4 Å². The Kier molecular flexibility index (Phi) is 8.00. The zero-order valence-corrected chi connectivity index (χ0v) is 15.6. The van der Waals surface area contributed by atoms with Crippen molar-refractivity contribution < 1.29 is 9.59 Å². The Balaban J connectivity index is 0.00000288. The molecule has 1 saturated heterocycles. The first-order valence-electron chi connectivity index (χ1n) is 8.05. The number of anilines is 1. The van der Waals surface area contributed by atoms with Crippen molar-refractivity contribution in [3.05, 3.63) is 28.8 Å². The van der Waals surface area contributed by atoms with Crippen molar-refractivity contribution in [2.45, 2.75) is 39.2 Å². The minimum absolute atomic E-state index is 0. The second-order valence-electron chi connectivity index (χ2n) is 6.22. The van der Waals surface area contributed by atoms with E-state index in [0.717, 1.165) is 19.3 Å². The SMILES string of the molecule is CC(C)C(=O)Nc1ccc(Cl)c(C(=O)N2CCCCC2CN)c1.Cl. The van der Waals surface area contributed by atoms with Crippen LogP contribution in [-0.2, 0) is 4.79 Å². The number of amides is 2. The van der Waals surface area contributed by atoms with Gasteiger partial charge in [-0.1, -0.05) is 25.4 Å². The molecule has 2 amide bonds. The van der Waals surface area contributed by atoms with E-state index in [2.05, 4.69) is 5.32 Å². The van der Waals surface area contributed by atoms with Gasteiger partial charge < -0.3 is 16.0 Å². The molecule has 0 aliphatic carbocycles. The molecule has 1 aliphatic heterocycles. The van der Waals surface area contributed by atoms with Gasteiger partial charge in [-0.05, 0) is 37.5 Å². The van der Waals surface area contributed by atoms with Gasteiger partial charge in [0, 0.05) is 30.7 Å². The summed E-state index contributed by atoms with van der Waals surface area (Å²) in [5.41, 5.74) is 6.78. The topological polar surface area (TPSA) is 75.4 Å². The predicted molar refractivity (Wildman–Crippen MR) is 99.9 cm³/mol. The van der Waals surface area contributed by atoms with Gasteiger partial charge in [0.05, 0.1) is 10.6 Å². The molecule has 0 bridgehead atoms. The van der Waals surface area contributed by atoms with Crippen molar-refractivity contribution in [3.63, 3.8) is 0 Å². The highest BCUT2D eigenvalue weighted by Crippen LogP contribution is 2.26. The second-order valence-corrected chi connectivity index (χ2v) is 6.63. The molecule has 5 nitrogen and oxygen atoms in total. The zero-order valence-electron chi connectivity index (χ0n) is 14.0. The Bertz CT molecular complexity index is 593. The molecule has 1 aromatic carbocycles. The Labute approximate surface area is 154 Å². The van der Waals surface area contributed by atoms with Crippen molar-refractivity contribution in [3.8, 4) is 0 Å². The molecule has 134 valence electrons. The number of nitrogens with one attached hydrogen (secondary N) is 1. The number of benzene rings is 1. The first-order chi connectivity index (χ1) is 10.9. The van der Waals surface area contributed by atoms with Gasteiger partial charge in [-0.3, -0.25) is 9.59 Å². The van der Waals surface area contributed by atoms with E-state index >= 15 is 0 Å². The average molecular weight is 374 g/mol. The molecule has 0 radical (unpaired) electrons. The Morgan fingerprint density at radius 2 is 2.08 bits per heavy atom. The van der Waals surface area contributed by atoms with Crippen molar-refractivity contribution >= 4 is 41.5 Å². The lowest BCUT2D eigenvalue weighted by molar-refractivity contribution is -0.118. The molecule has 1 fully saturated rings. The third-order valence-corrected chi connectivity index (χ3v) is 4.48. The Hall–Kier alpha value is -1.30. The molecule has 1 heterocycles. The van der Waals surface area contributed by atoms with Crippen LogP contribution in [0, 0.1) is 5.92 Å². The summed E-state index contributed by atoms with van der Waals surface area (Å²) in [6, 6.07) is 5.05. The molecular formula is C17H25Cl2N3O2. The van der Waals surface area contributed by atoms with E-state index in [9.17, 15) is 9.59 Å². The lowest BCUT2D eigenvalue weighted by Gasteiger charge is -2.35. The van der Waals surface area contributed by atoms with E-state index in [4.69, 9.17) is 17.3 Å².